The summed E-state index contributed by atoms with van der Waals surface area (Å²) in [5.41, 5.74) is 10.1. The third-order valence-electron chi connectivity index (χ3n) is 7.52. The minimum Gasteiger partial charge on any atom is -0.386 e. The lowest BCUT2D eigenvalue weighted by Crippen LogP contribution is -2.37. The smallest absolute Gasteiger partial charge is 0.248 e. The molecule has 40 heavy (non-hydrogen) atoms. The molecule has 6 aromatic rings. The lowest BCUT2D eigenvalue weighted by molar-refractivity contribution is 0.100. The van der Waals surface area contributed by atoms with E-state index in [4.69, 9.17) is 10.7 Å². The van der Waals surface area contributed by atoms with Gasteiger partial charge in [0.05, 0.1) is 12.0 Å². The highest BCUT2D eigenvalue weighted by Crippen LogP contribution is 2.41. The van der Waals surface area contributed by atoms with Crippen LogP contribution in [0.4, 0.5) is 0 Å². The van der Waals surface area contributed by atoms with Crippen LogP contribution in [0.1, 0.15) is 44.4 Å². The number of nitrogens with zero attached hydrogens (tertiary/aromatic N) is 2. The molecule has 5 nitrogen and oxygen atoms in total. The van der Waals surface area contributed by atoms with Crippen molar-refractivity contribution in [1.29, 1.82) is 0 Å². The molecule has 0 saturated heterocycles. The number of carbonyl (C=O) groups is 1. The van der Waals surface area contributed by atoms with Gasteiger partial charge in [-0.25, -0.2) is 4.98 Å². The van der Waals surface area contributed by atoms with Gasteiger partial charge in [0, 0.05) is 18.2 Å². The molecule has 3 N–H and O–H groups in total. The lowest BCUT2D eigenvalue weighted by atomic mass is 9.77. The van der Waals surface area contributed by atoms with Gasteiger partial charge in [-0.05, 0) is 45.2 Å². The molecule has 0 saturated carbocycles. The van der Waals surface area contributed by atoms with Gasteiger partial charge in [-0.1, -0.05) is 115 Å². The summed E-state index contributed by atoms with van der Waals surface area (Å²) < 4.78 is 2.11. The second kappa shape index (κ2) is 10.6. The summed E-state index contributed by atoms with van der Waals surface area (Å²) in [5, 5.41) is 13.2. The Morgan fingerprint density at radius 2 is 1.27 bits per heavy atom. The second-order valence-electron chi connectivity index (χ2n) is 9.99. The zero-order chi connectivity index (χ0) is 27.5. The molecule has 0 aliphatic heterocycles. The van der Waals surface area contributed by atoms with Gasteiger partial charge in [0.25, 0.3) is 0 Å². The Bertz CT molecular complexity index is 1670. The van der Waals surface area contributed by atoms with E-state index in [2.05, 4.69) is 77.4 Å². The van der Waals surface area contributed by atoms with Crippen LogP contribution < -0.4 is 5.73 Å². The summed E-state index contributed by atoms with van der Waals surface area (Å²) in [6, 6.07) is 42.5. The first-order valence-electron chi connectivity index (χ1n) is 13.3. The molecule has 0 fully saturated rings. The number of primary amides is 1. The molecule has 0 aliphatic rings. The van der Waals surface area contributed by atoms with E-state index in [0.717, 1.165) is 33.0 Å². The van der Waals surface area contributed by atoms with Crippen LogP contribution in [0.15, 0.2) is 140 Å². The molecule has 1 aromatic heterocycles. The highest BCUT2D eigenvalue weighted by Gasteiger charge is 2.38. The third kappa shape index (κ3) is 4.57. The predicted molar refractivity (Wildman–Crippen MR) is 158 cm³/mol. The maximum absolute atomic E-state index is 11.5. The normalized spacial score (nSPS) is 12.3. The molecule has 1 heterocycles. The van der Waals surface area contributed by atoms with Gasteiger partial charge < -0.3 is 15.4 Å². The number of rotatable bonds is 8. The molecule has 5 aromatic carbocycles. The van der Waals surface area contributed by atoms with E-state index in [1.807, 2.05) is 55.0 Å². The molecule has 0 radical (unpaired) electrons. The van der Waals surface area contributed by atoms with E-state index in [0.29, 0.717) is 17.7 Å². The van der Waals surface area contributed by atoms with E-state index >= 15 is 0 Å². The van der Waals surface area contributed by atoms with E-state index in [1.165, 1.54) is 0 Å². The molecule has 1 amide bonds. The first-order valence-corrected chi connectivity index (χ1v) is 13.3. The number of fused-ring (bicyclic) bond motifs is 1. The van der Waals surface area contributed by atoms with Gasteiger partial charge in [0.15, 0.2) is 0 Å². The van der Waals surface area contributed by atoms with Gasteiger partial charge in [-0.3, -0.25) is 4.79 Å². The molecule has 5 heteroatoms. The van der Waals surface area contributed by atoms with Gasteiger partial charge in [-0.15, -0.1) is 0 Å². The third-order valence-corrected chi connectivity index (χ3v) is 7.52. The van der Waals surface area contributed by atoms with Crippen LogP contribution in [0.5, 0.6) is 0 Å². The quantitative estimate of drug-likeness (QED) is 0.231. The minimum atomic E-state index is -0.802. The average molecular weight is 524 g/mol. The lowest BCUT2D eigenvalue weighted by Gasteiger charge is -2.37. The number of nitrogens with two attached hydrogens (primary N) is 1. The van der Waals surface area contributed by atoms with Crippen molar-refractivity contribution < 1.29 is 9.90 Å². The van der Waals surface area contributed by atoms with E-state index in [9.17, 15) is 9.90 Å². The standard InChI is InChI=1S/C35H29N3O2/c36-34(40)28-19-18-26-20-25(16-17-27(26)22-28)21-33(39)32-23-38(24-37-32)35(29-10-4-1-5-11-29,30-12-6-2-7-13-30)31-14-8-3-9-15-31/h1-20,22-24,33,39H,21H2,(H2,36,40). The maximum atomic E-state index is 11.5. The molecule has 1 atom stereocenters. The second-order valence-corrected chi connectivity index (χ2v) is 9.99. The van der Waals surface area contributed by atoms with Crippen LogP contribution in [0.25, 0.3) is 10.8 Å². The zero-order valence-electron chi connectivity index (χ0n) is 21.9. The first kappa shape index (κ1) is 25.3. The van der Waals surface area contributed by atoms with Crippen molar-refractivity contribution >= 4 is 16.7 Å². The SMILES string of the molecule is NC(=O)c1ccc2cc(CC(O)c3cn(C(c4ccccc4)(c4ccccc4)c4ccccc4)cn3)ccc2c1. The molecule has 1 unspecified atom stereocenters. The van der Waals surface area contributed by atoms with Crippen LogP contribution >= 0.6 is 0 Å². The average Bonchev–Trinajstić information content (AvgIpc) is 3.50. The monoisotopic (exact) mass is 523 g/mol. The van der Waals surface area contributed by atoms with Crippen molar-refractivity contribution in [2.24, 2.45) is 5.73 Å². The van der Waals surface area contributed by atoms with Gasteiger partial charge >= 0.3 is 0 Å². The van der Waals surface area contributed by atoms with Gasteiger partial charge in [-0.2, -0.15) is 0 Å². The highest BCUT2D eigenvalue weighted by atomic mass is 16.3. The van der Waals surface area contributed by atoms with Crippen LogP contribution in [0.2, 0.25) is 0 Å². The number of hydrogen-bond donors (Lipinski definition) is 2. The summed E-state index contributed by atoms with van der Waals surface area (Å²) in [5.74, 6) is -0.449. The molecule has 6 rings (SSSR count). The van der Waals surface area contributed by atoms with E-state index in [1.54, 1.807) is 12.1 Å². The van der Waals surface area contributed by atoms with Crippen molar-refractivity contribution in [2.75, 3.05) is 0 Å². The number of aliphatic hydroxyl groups excluding tert-OH is 1. The van der Waals surface area contributed by atoms with E-state index < -0.39 is 17.6 Å². The molecular weight excluding hydrogens is 494 g/mol. The van der Waals surface area contributed by atoms with Crippen LogP contribution in [0, 0.1) is 0 Å². The molecular formula is C35H29N3O2. The van der Waals surface area contributed by atoms with Crippen molar-refractivity contribution in [1.82, 2.24) is 9.55 Å². The number of imidazole rings is 1. The van der Waals surface area contributed by atoms with Gasteiger partial charge in [0.2, 0.25) is 5.91 Å². The highest BCUT2D eigenvalue weighted by molar-refractivity contribution is 5.97. The van der Waals surface area contributed by atoms with Crippen LogP contribution in [0.3, 0.4) is 0 Å². The maximum Gasteiger partial charge on any atom is 0.248 e. The summed E-state index contributed by atoms with van der Waals surface area (Å²) in [6.07, 6.45) is 3.37. The Labute approximate surface area is 233 Å². The first-order chi connectivity index (χ1) is 19.6. The minimum absolute atomic E-state index is 0.402. The molecule has 0 aliphatic carbocycles. The summed E-state index contributed by atoms with van der Waals surface area (Å²) >= 11 is 0. The summed E-state index contributed by atoms with van der Waals surface area (Å²) in [7, 11) is 0. The summed E-state index contributed by atoms with van der Waals surface area (Å²) in [4.78, 5) is 16.2. The Hall–Kier alpha value is -5.00. The number of amides is 1. The van der Waals surface area contributed by atoms with E-state index in [-0.39, 0.29) is 0 Å². The Morgan fingerprint density at radius 3 is 1.82 bits per heavy atom. The fourth-order valence-corrected chi connectivity index (χ4v) is 5.58. The summed E-state index contributed by atoms with van der Waals surface area (Å²) in [6.45, 7) is 0. The zero-order valence-corrected chi connectivity index (χ0v) is 21.9. The number of hydrogen-bond acceptors (Lipinski definition) is 3. The Morgan fingerprint density at radius 1 is 0.750 bits per heavy atom. The fourth-order valence-electron chi connectivity index (χ4n) is 5.58. The molecule has 196 valence electrons. The van der Waals surface area contributed by atoms with Crippen molar-refractivity contribution in [3.63, 3.8) is 0 Å². The van der Waals surface area contributed by atoms with Crippen molar-refractivity contribution in [3.05, 3.63) is 173 Å². The van der Waals surface area contributed by atoms with Gasteiger partial charge in [0.1, 0.15) is 11.6 Å². The Balaban J connectivity index is 1.40. The molecule has 0 spiro atoms. The van der Waals surface area contributed by atoms with Crippen molar-refractivity contribution in [3.8, 4) is 0 Å². The van der Waals surface area contributed by atoms with Crippen LogP contribution in [-0.4, -0.2) is 20.6 Å². The topological polar surface area (TPSA) is 81.1 Å². The number of aliphatic hydroxyl groups is 1. The fraction of sp³-hybridized carbons (Fsp3) is 0.0857. The number of aromatic nitrogens is 2. The van der Waals surface area contributed by atoms with Crippen molar-refractivity contribution in [2.45, 2.75) is 18.1 Å². The predicted octanol–water partition coefficient (Wildman–Crippen LogP) is 6.25. The molecule has 0 bridgehead atoms. The Kier molecular flexibility index (Phi) is 6.72. The number of carbonyl (C=O) groups excluding carboxylic acids is 1. The number of benzene rings is 5. The van der Waals surface area contributed by atoms with Crippen LogP contribution in [-0.2, 0) is 12.0 Å². The largest absolute Gasteiger partial charge is 0.386 e.